The van der Waals surface area contributed by atoms with Crippen LogP contribution < -0.4 is 11.1 Å². The van der Waals surface area contributed by atoms with Crippen LogP contribution in [-0.2, 0) is 0 Å². The highest BCUT2D eigenvalue weighted by Crippen LogP contribution is 2.27. The monoisotopic (exact) mass is 328 g/mol. The van der Waals surface area contributed by atoms with E-state index in [4.69, 9.17) is 29.6 Å². The molecule has 3 nitrogen and oxygen atoms in total. The van der Waals surface area contributed by atoms with Crippen LogP contribution in [0.4, 0.5) is 4.39 Å². The van der Waals surface area contributed by atoms with Crippen molar-refractivity contribution in [3.05, 3.63) is 34.6 Å². The Balaban J connectivity index is 2.10. The summed E-state index contributed by atoms with van der Waals surface area (Å²) in [6.07, 6.45) is 5.48. The van der Waals surface area contributed by atoms with E-state index < -0.39 is 5.82 Å². The van der Waals surface area contributed by atoms with E-state index in [0.717, 1.165) is 25.7 Å². The van der Waals surface area contributed by atoms with Gasteiger partial charge in [-0.15, -0.1) is 0 Å². The molecule has 1 fully saturated rings. The average Bonchev–Trinajstić information content (AvgIpc) is 2.48. The van der Waals surface area contributed by atoms with Gasteiger partial charge in [0, 0.05) is 5.56 Å². The van der Waals surface area contributed by atoms with Gasteiger partial charge in [0.05, 0.1) is 16.1 Å². The third kappa shape index (κ3) is 4.14. The van der Waals surface area contributed by atoms with Crippen molar-refractivity contribution in [1.29, 1.82) is 0 Å². The average molecular weight is 329 g/mol. The molecule has 6 heteroatoms. The molecule has 1 amide bonds. The molecule has 1 atom stereocenters. The maximum atomic E-state index is 13.1. The van der Waals surface area contributed by atoms with Crippen LogP contribution in [0.25, 0.3) is 0 Å². The highest BCUT2D eigenvalue weighted by molar-refractivity contribution is 7.80. The van der Waals surface area contributed by atoms with Gasteiger partial charge in [-0.3, -0.25) is 4.79 Å². The molecule has 1 unspecified atom stereocenters. The van der Waals surface area contributed by atoms with Crippen LogP contribution in [0.5, 0.6) is 0 Å². The van der Waals surface area contributed by atoms with Crippen LogP contribution in [0.3, 0.4) is 0 Å². The lowest BCUT2D eigenvalue weighted by Crippen LogP contribution is -2.48. The van der Waals surface area contributed by atoms with Crippen LogP contribution in [0.2, 0.25) is 5.02 Å². The number of halogens is 2. The van der Waals surface area contributed by atoms with E-state index in [0.29, 0.717) is 10.6 Å². The molecule has 0 bridgehead atoms. The number of hydrogen-bond donors (Lipinski definition) is 2. The summed E-state index contributed by atoms with van der Waals surface area (Å²) in [5.74, 6) is -0.609. The molecule has 0 saturated heterocycles. The fourth-order valence-corrected chi connectivity index (χ4v) is 3.18. The Morgan fingerprint density at radius 1 is 1.38 bits per heavy atom. The van der Waals surface area contributed by atoms with Gasteiger partial charge in [-0.25, -0.2) is 4.39 Å². The minimum Gasteiger partial charge on any atom is -0.392 e. The predicted octanol–water partition coefficient (Wildman–Crippen LogP) is 3.44. The van der Waals surface area contributed by atoms with E-state index in [9.17, 15) is 9.18 Å². The second-order valence-electron chi connectivity index (χ2n) is 5.38. The molecule has 1 aliphatic carbocycles. The molecule has 0 spiro atoms. The van der Waals surface area contributed by atoms with E-state index in [1.54, 1.807) is 0 Å². The number of hydrogen-bond acceptors (Lipinski definition) is 2. The number of carbonyl (C=O) groups excluding carboxylic acids is 1. The molecule has 2 rings (SSSR count). The fourth-order valence-electron chi connectivity index (χ4n) is 2.75. The molecule has 1 aromatic rings. The zero-order chi connectivity index (χ0) is 15.4. The van der Waals surface area contributed by atoms with Gasteiger partial charge in [0.25, 0.3) is 5.91 Å². The first-order valence-corrected chi connectivity index (χ1v) is 7.83. The number of carbonyl (C=O) groups is 1. The zero-order valence-corrected chi connectivity index (χ0v) is 13.1. The Bertz CT molecular complexity index is 546. The van der Waals surface area contributed by atoms with Crippen molar-refractivity contribution in [1.82, 2.24) is 5.32 Å². The van der Waals surface area contributed by atoms with Gasteiger partial charge in [-0.1, -0.05) is 43.1 Å². The smallest absolute Gasteiger partial charge is 0.251 e. The van der Waals surface area contributed by atoms with Crippen molar-refractivity contribution >= 4 is 34.7 Å². The Labute approximate surface area is 134 Å². The van der Waals surface area contributed by atoms with Crippen molar-refractivity contribution in [2.24, 2.45) is 11.7 Å². The minimum absolute atomic E-state index is 0.0767. The largest absolute Gasteiger partial charge is 0.392 e. The summed E-state index contributed by atoms with van der Waals surface area (Å²) in [5.41, 5.74) is 6.08. The Hall–Kier alpha value is -1.20. The Kier molecular flexibility index (Phi) is 5.53. The molecule has 21 heavy (non-hydrogen) atoms. The molecule has 114 valence electrons. The molecule has 1 aromatic carbocycles. The number of thiocarbonyl (C=S) groups is 1. The molecule has 1 saturated carbocycles. The minimum atomic E-state index is -0.550. The number of benzene rings is 1. The van der Waals surface area contributed by atoms with Crippen molar-refractivity contribution < 1.29 is 9.18 Å². The molecule has 0 aromatic heterocycles. The van der Waals surface area contributed by atoms with Gasteiger partial charge in [0.15, 0.2) is 0 Å². The van der Waals surface area contributed by atoms with Crippen LogP contribution in [0.1, 0.15) is 42.5 Å². The fraction of sp³-hybridized carbons (Fsp3) is 0.467. The Morgan fingerprint density at radius 3 is 2.62 bits per heavy atom. The normalized spacial score (nSPS) is 17.2. The van der Waals surface area contributed by atoms with E-state index in [-0.39, 0.29) is 22.9 Å². The summed E-state index contributed by atoms with van der Waals surface area (Å²) in [5, 5.41) is 2.79. The van der Waals surface area contributed by atoms with Crippen LogP contribution in [-0.4, -0.2) is 16.9 Å². The lowest BCUT2D eigenvalue weighted by molar-refractivity contribution is 0.0932. The third-order valence-corrected chi connectivity index (χ3v) is 4.44. The molecule has 0 heterocycles. The molecule has 1 aliphatic rings. The van der Waals surface area contributed by atoms with Crippen LogP contribution in [0, 0.1) is 11.7 Å². The number of rotatable bonds is 4. The summed E-state index contributed by atoms with van der Waals surface area (Å²) in [6.45, 7) is 0. The second kappa shape index (κ2) is 7.18. The van der Waals surface area contributed by atoms with E-state index >= 15 is 0 Å². The highest BCUT2D eigenvalue weighted by atomic mass is 35.5. The molecule has 3 N–H and O–H groups in total. The third-order valence-electron chi connectivity index (χ3n) is 3.90. The summed E-state index contributed by atoms with van der Waals surface area (Å²) in [7, 11) is 0. The first kappa shape index (κ1) is 16.2. The summed E-state index contributed by atoms with van der Waals surface area (Å²) in [6, 6.07) is 3.56. The summed E-state index contributed by atoms with van der Waals surface area (Å²) < 4.78 is 13.1. The number of amides is 1. The lowest BCUT2D eigenvalue weighted by atomic mass is 9.83. The maximum Gasteiger partial charge on any atom is 0.251 e. The van der Waals surface area contributed by atoms with Gasteiger partial charge in [-0.05, 0) is 37.0 Å². The second-order valence-corrected chi connectivity index (χ2v) is 6.26. The van der Waals surface area contributed by atoms with Crippen LogP contribution >= 0.6 is 23.8 Å². The van der Waals surface area contributed by atoms with Crippen molar-refractivity contribution in [2.75, 3.05) is 0 Å². The zero-order valence-electron chi connectivity index (χ0n) is 11.6. The predicted molar refractivity (Wildman–Crippen MR) is 86.0 cm³/mol. The van der Waals surface area contributed by atoms with Gasteiger partial charge < -0.3 is 11.1 Å². The van der Waals surface area contributed by atoms with Crippen LogP contribution in [0.15, 0.2) is 18.2 Å². The quantitative estimate of drug-likeness (QED) is 0.832. The van der Waals surface area contributed by atoms with Gasteiger partial charge in [0.1, 0.15) is 5.82 Å². The first-order valence-electron chi connectivity index (χ1n) is 7.04. The van der Waals surface area contributed by atoms with Gasteiger partial charge in [-0.2, -0.15) is 0 Å². The highest BCUT2D eigenvalue weighted by Gasteiger charge is 2.27. The Morgan fingerprint density at radius 2 is 2.05 bits per heavy atom. The summed E-state index contributed by atoms with van der Waals surface area (Å²) in [4.78, 5) is 12.6. The molecular weight excluding hydrogens is 311 g/mol. The molecule has 0 radical (unpaired) electrons. The van der Waals surface area contributed by atoms with Crippen molar-refractivity contribution in [2.45, 2.75) is 38.1 Å². The summed E-state index contributed by atoms with van der Waals surface area (Å²) >= 11 is 10.8. The molecular formula is C15H18ClFN2OS. The van der Waals surface area contributed by atoms with E-state index in [2.05, 4.69) is 5.32 Å². The lowest BCUT2D eigenvalue weighted by Gasteiger charge is -2.30. The van der Waals surface area contributed by atoms with E-state index in [1.165, 1.54) is 24.6 Å². The maximum absolute atomic E-state index is 13.1. The standard InChI is InChI=1S/C15H18ClFN2OS/c16-11-8-10(6-7-12(11)17)15(20)19-13(14(18)21)9-4-2-1-3-5-9/h6-9,13H,1-5H2,(H2,18,21)(H,19,20). The van der Waals surface area contributed by atoms with Gasteiger partial charge in [0.2, 0.25) is 0 Å². The first-order chi connectivity index (χ1) is 9.99. The van der Waals surface area contributed by atoms with Gasteiger partial charge >= 0.3 is 0 Å². The topological polar surface area (TPSA) is 55.1 Å². The number of nitrogens with one attached hydrogen (secondary N) is 1. The van der Waals surface area contributed by atoms with Crippen molar-refractivity contribution in [3.8, 4) is 0 Å². The number of nitrogens with two attached hydrogens (primary N) is 1. The molecule has 0 aliphatic heterocycles. The van der Waals surface area contributed by atoms with E-state index in [1.807, 2.05) is 0 Å². The van der Waals surface area contributed by atoms with Crippen molar-refractivity contribution in [3.63, 3.8) is 0 Å². The SMILES string of the molecule is NC(=S)C(NC(=O)c1ccc(F)c(Cl)c1)C1CCCCC1.